The van der Waals surface area contributed by atoms with Gasteiger partial charge >= 0.3 is 0 Å². The van der Waals surface area contributed by atoms with Gasteiger partial charge in [0, 0.05) is 16.8 Å². The van der Waals surface area contributed by atoms with E-state index in [2.05, 4.69) is 6.92 Å². The highest BCUT2D eigenvalue weighted by atomic mass is 32.2. The van der Waals surface area contributed by atoms with Crippen molar-refractivity contribution >= 4 is 11.8 Å². The van der Waals surface area contributed by atoms with E-state index < -0.39 is 0 Å². The molecule has 2 nitrogen and oxygen atoms in total. The first-order chi connectivity index (χ1) is 11.6. The minimum Gasteiger partial charge on any atom is -0.283 e. The lowest BCUT2D eigenvalue weighted by Gasteiger charge is -2.14. The Morgan fingerprint density at radius 1 is 1.04 bits per heavy atom. The normalized spacial score (nSPS) is 10.8. The fraction of sp³-hybridized carbons (Fsp3) is 0.150. The molecule has 4 heteroatoms. The Hall–Kier alpha value is -2.33. The molecule has 2 aromatic carbocycles. The molecule has 0 N–H and O–H groups in total. The molecule has 0 unspecified atom stereocenters. The Morgan fingerprint density at radius 2 is 1.71 bits per heavy atom. The van der Waals surface area contributed by atoms with Crippen LogP contribution in [0, 0.1) is 12.7 Å². The number of hydrogen-bond donors (Lipinski definition) is 0. The summed E-state index contributed by atoms with van der Waals surface area (Å²) < 4.78 is 14.8. The Bertz CT molecular complexity index is 901. The third kappa shape index (κ3) is 3.29. The van der Waals surface area contributed by atoms with E-state index in [0.29, 0.717) is 4.90 Å². The molecule has 1 aromatic heterocycles. The molecule has 1 heterocycles. The van der Waals surface area contributed by atoms with Crippen LogP contribution < -0.4 is 5.56 Å². The lowest BCUT2D eigenvalue weighted by molar-refractivity contribution is 0.626. The number of para-hydroxylation sites is 1. The van der Waals surface area contributed by atoms with Crippen LogP contribution in [0.25, 0.3) is 5.69 Å². The predicted molar refractivity (Wildman–Crippen MR) is 96.7 cm³/mol. The molecule has 0 bridgehead atoms. The van der Waals surface area contributed by atoms with Crippen molar-refractivity contribution in [1.29, 1.82) is 0 Å². The van der Waals surface area contributed by atoms with Crippen LogP contribution in [-0.4, -0.2) is 4.57 Å². The topological polar surface area (TPSA) is 22.0 Å². The van der Waals surface area contributed by atoms with Crippen molar-refractivity contribution in [2.24, 2.45) is 0 Å². The summed E-state index contributed by atoms with van der Waals surface area (Å²) in [5.74, 6) is -0.278. The minimum atomic E-state index is -0.278. The van der Waals surface area contributed by atoms with Crippen molar-refractivity contribution in [3.8, 4) is 5.69 Å². The van der Waals surface area contributed by atoms with Gasteiger partial charge in [-0.05, 0) is 60.9 Å². The molecule has 0 saturated carbocycles. The van der Waals surface area contributed by atoms with Gasteiger partial charge in [-0.1, -0.05) is 36.9 Å². The molecule has 0 spiro atoms. The SMILES string of the molecule is CCc1cn(-c2ccccc2)c(=O)c(Sc2ccc(F)cc2)c1C. The van der Waals surface area contributed by atoms with Gasteiger partial charge in [0.2, 0.25) is 0 Å². The highest BCUT2D eigenvalue weighted by Gasteiger charge is 2.14. The number of aryl methyl sites for hydroxylation is 1. The van der Waals surface area contributed by atoms with Crippen LogP contribution in [-0.2, 0) is 6.42 Å². The average molecular weight is 339 g/mol. The van der Waals surface area contributed by atoms with Crippen molar-refractivity contribution in [2.75, 3.05) is 0 Å². The molecule has 3 aromatic rings. The lowest BCUT2D eigenvalue weighted by atomic mass is 10.1. The quantitative estimate of drug-likeness (QED) is 0.667. The van der Waals surface area contributed by atoms with Gasteiger partial charge in [0.15, 0.2) is 0 Å². The summed E-state index contributed by atoms with van der Waals surface area (Å²) in [6, 6.07) is 15.8. The summed E-state index contributed by atoms with van der Waals surface area (Å²) in [6.07, 6.45) is 2.76. The van der Waals surface area contributed by atoms with E-state index in [0.717, 1.165) is 28.1 Å². The summed E-state index contributed by atoms with van der Waals surface area (Å²) >= 11 is 1.39. The zero-order valence-electron chi connectivity index (χ0n) is 13.6. The highest BCUT2D eigenvalue weighted by Crippen LogP contribution is 2.29. The number of rotatable bonds is 4. The number of nitrogens with zero attached hydrogens (tertiary/aromatic N) is 1. The Morgan fingerprint density at radius 3 is 2.33 bits per heavy atom. The van der Waals surface area contributed by atoms with Gasteiger partial charge < -0.3 is 0 Å². The van der Waals surface area contributed by atoms with Crippen LogP contribution in [0.4, 0.5) is 4.39 Å². The van der Waals surface area contributed by atoms with Crippen molar-refractivity contribution in [3.63, 3.8) is 0 Å². The summed E-state index contributed by atoms with van der Waals surface area (Å²) in [5, 5.41) is 0. The Labute approximate surface area is 145 Å². The van der Waals surface area contributed by atoms with Gasteiger partial charge in [-0.2, -0.15) is 0 Å². The third-order valence-electron chi connectivity index (χ3n) is 3.97. The second kappa shape index (κ2) is 7.05. The molecule has 0 radical (unpaired) electrons. The van der Waals surface area contributed by atoms with Gasteiger partial charge in [0.1, 0.15) is 5.82 Å². The largest absolute Gasteiger partial charge is 0.283 e. The van der Waals surface area contributed by atoms with Crippen LogP contribution in [0.1, 0.15) is 18.1 Å². The molecule has 0 aliphatic heterocycles. The fourth-order valence-electron chi connectivity index (χ4n) is 2.60. The fourth-order valence-corrected chi connectivity index (χ4v) is 3.58. The van der Waals surface area contributed by atoms with Gasteiger partial charge in [-0.3, -0.25) is 9.36 Å². The molecular weight excluding hydrogens is 321 g/mol. The van der Waals surface area contributed by atoms with Crippen molar-refractivity contribution in [1.82, 2.24) is 4.57 Å². The molecular formula is C20H18FNOS. The van der Waals surface area contributed by atoms with E-state index in [1.54, 1.807) is 16.7 Å². The van der Waals surface area contributed by atoms with E-state index in [1.807, 2.05) is 43.5 Å². The second-order valence-electron chi connectivity index (χ2n) is 5.53. The number of hydrogen-bond acceptors (Lipinski definition) is 2. The first kappa shape index (κ1) is 16.5. The summed E-state index contributed by atoms with van der Waals surface area (Å²) in [6.45, 7) is 4.05. The predicted octanol–water partition coefficient (Wildman–Crippen LogP) is 5.00. The summed E-state index contributed by atoms with van der Waals surface area (Å²) in [7, 11) is 0. The van der Waals surface area contributed by atoms with Crippen LogP contribution in [0.5, 0.6) is 0 Å². The van der Waals surface area contributed by atoms with Gasteiger partial charge in [0.25, 0.3) is 5.56 Å². The molecule has 122 valence electrons. The summed E-state index contributed by atoms with van der Waals surface area (Å²) in [5.41, 5.74) is 2.91. The highest BCUT2D eigenvalue weighted by molar-refractivity contribution is 7.99. The standard InChI is InChI=1S/C20H18FNOS/c1-3-15-13-22(17-7-5-4-6-8-17)20(23)19(14(15)2)24-18-11-9-16(21)10-12-18/h4-13H,3H2,1-2H3. The molecule has 3 rings (SSSR count). The van der Waals surface area contributed by atoms with Crippen LogP contribution in [0.3, 0.4) is 0 Å². The van der Waals surface area contributed by atoms with E-state index in [4.69, 9.17) is 0 Å². The first-order valence-corrected chi connectivity index (χ1v) is 8.65. The van der Waals surface area contributed by atoms with Crippen molar-refractivity contribution in [3.05, 3.63) is 88.1 Å². The number of pyridine rings is 1. The second-order valence-corrected chi connectivity index (χ2v) is 6.61. The molecule has 0 saturated heterocycles. The van der Waals surface area contributed by atoms with E-state index >= 15 is 0 Å². The zero-order valence-corrected chi connectivity index (χ0v) is 14.4. The third-order valence-corrected chi connectivity index (χ3v) is 5.16. The van der Waals surface area contributed by atoms with E-state index in [-0.39, 0.29) is 11.4 Å². The van der Waals surface area contributed by atoms with E-state index in [9.17, 15) is 9.18 Å². The molecule has 0 amide bonds. The monoisotopic (exact) mass is 339 g/mol. The molecule has 24 heavy (non-hydrogen) atoms. The molecule has 0 aliphatic rings. The lowest BCUT2D eigenvalue weighted by Crippen LogP contribution is -2.22. The smallest absolute Gasteiger partial charge is 0.269 e. The average Bonchev–Trinajstić information content (AvgIpc) is 2.61. The zero-order chi connectivity index (χ0) is 17.1. The number of aromatic nitrogens is 1. The van der Waals surface area contributed by atoms with Crippen LogP contribution in [0.2, 0.25) is 0 Å². The van der Waals surface area contributed by atoms with Gasteiger partial charge in [-0.25, -0.2) is 4.39 Å². The first-order valence-electron chi connectivity index (χ1n) is 7.84. The maximum atomic E-state index is 13.1. The van der Waals surface area contributed by atoms with Crippen LogP contribution in [0.15, 0.2) is 75.4 Å². The van der Waals surface area contributed by atoms with E-state index in [1.165, 1.54) is 23.9 Å². The maximum Gasteiger partial charge on any atom is 0.269 e. The van der Waals surface area contributed by atoms with Crippen molar-refractivity contribution in [2.45, 2.75) is 30.1 Å². The molecule has 0 fully saturated rings. The Kier molecular flexibility index (Phi) is 4.86. The number of benzene rings is 2. The van der Waals surface area contributed by atoms with Gasteiger partial charge in [0.05, 0.1) is 4.90 Å². The van der Waals surface area contributed by atoms with Crippen molar-refractivity contribution < 1.29 is 4.39 Å². The Balaban J connectivity index is 2.14. The van der Waals surface area contributed by atoms with Gasteiger partial charge in [-0.15, -0.1) is 0 Å². The minimum absolute atomic E-state index is 0.0507. The number of halogens is 1. The molecule has 0 aliphatic carbocycles. The summed E-state index contributed by atoms with van der Waals surface area (Å²) in [4.78, 5) is 14.5. The molecule has 0 atom stereocenters. The maximum absolute atomic E-state index is 13.1. The van der Waals surface area contributed by atoms with Crippen LogP contribution >= 0.6 is 11.8 Å².